The maximum atomic E-state index is 12.0. The van der Waals surface area contributed by atoms with Gasteiger partial charge in [0.2, 0.25) is 0 Å². The summed E-state index contributed by atoms with van der Waals surface area (Å²) >= 11 is 0. The molecule has 1 aliphatic rings. The zero-order valence-corrected chi connectivity index (χ0v) is 11.9. The van der Waals surface area contributed by atoms with Gasteiger partial charge in [0.15, 0.2) is 0 Å². The minimum absolute atomic E-state index is 0. The molecule has 0 spiro atoms. The number of anilines is 1. The van der Waals surface area contributed by atoms with Crippen molar-refractivity contribution in [2.75, 3.05) is 19.4 Å². The third kappa shape index (κ3) is 3.85. The Morgan fingerprint density at radius 3 is 2.58 bits per heavy atom. The van der Waals surface area contributed by atoms with Crippen LogP contribution in [0.5, 0.6) is 0 Å². The molecule has 106 valence electrons. The Labute approximate surface area is 120 Å². The van der Waals surface area contributed by atoms with Gasteiger partial charge in [-0.2, -0.15) is 0 Å². The molecular weight excluding hydrogens is 264 g/mol. The zero-order valence-electron chi connectivity index (χ0n) is 11.1. The van der Waals surface area contributed by atoms with Crippen molar-refractivity contribution in [1.29, 1.82) is 0 Å². The van der Waals surface area contributed by atoms with Crippen LogP contribution in [0.25, 0.3) is 0 Å². The third-order valence-corrected chi connectivity index (χ3v) is 3.50. The Hall–Kier alpha value is -1.26. The first kappa shape index (κ1) is 15.8. The van der Waals surface area contributed by atoms with Crippen molar-refractivity contribution >= 4 is 24.1 Å². The van der Waals surface area contributed by atoms with Gasteiger partial charge in [0.25, 0.3) is 0 Å². The molecule has 1 saturated heterocycles. The number of piperidine rings is 1. The number of hydrogen-bond donors (Lipinski definition) is 2. The number of benzene rings is 1. The highest BCUT2D eigenvalue weighted by atomic mass is 35.5. The van der Waals surface area contributed by atoms with Crippen molar-refractivity contribution in [3.8, 4) is 0 Å². The summed E-state index contributed by atoms with van der Waals surface area (Å²) in [6.45, 7) is 0.965. The molecule has 0 unspecified atom stereocenters. The number of halogens is 1. The van der Waals surface area contributed by atoms with Crippen molar-refractivity contribution in [2.24, 2.45) is 0 Å². The van der Waals surface area contributed by atoms with Crippen molar-refractivity contribution < 1.29 is 9.53 Å². The highest BCUT2D eigenvalue weighted by Gasteiger charge is 2.31. The van der Waals surface area contributed by atoms with Crippen molar-refractivity contribution in [2.45, 2.75) is 31.2 Å². The van der Waals surface area contributed by atoms with Gasteiger partial charge in [-0.05, 0) is 37.1 Å². The van der Waals surface area contributed by atoms with Gasteiger partial charge in [-0.15, -0.1) is 12.4 Å². The van der Waals surface area contributed by atoms with Crippen LogP contribution in [0.15, 0.2) is 24.3 Å². The monoisotopic (exact) mass is 284 g/mol. The van der Waals surface area contributed by atoms with Crippen LogP contribution in [0.2, 0.25) is 0 Å². The minimum Gasteiger partial charge on any atom is -0.469 e. The van der Waals surface area contributed by atoms with Gasteiger partial charge in [0.1, 0.15) is 0 Å². The van der Waals surface area contributed by atoms with Crippen LogP contribution in [0.4, 0.5) is 5.69 Å². The number of nitrogens with one attached hydrogen (secondary N) is 1. The third-order valence-electron chi connectivity index (χ3n) is 3.50. The molecule has 2 rings (SSSR count). The Morgan fingerprint density at radius 2 is 2.05 bits per heavy atom. The quantitative estimate of drug-likeness (QED) is 0.659. The van der Waals surface area contributed by atoms with E-state index in [0.717, 1.165) is 24.9 Å². The normalized spacial score (nSPS) is 20.2. The predicted octanol–water partition coefficient (Wildman–Crippen LogP) is 2.09. The maximum Gasteiger partial charge on any atom is 0.314 e. The molecule has 0 radical (unpaired) electrons. The first-order valence-electron chi connectivity index (χ1n) is 6.39. The van der Waals surface area contributed by atoms with E-state index in [1.165, 1.54) is 13.5 Å². The number of hydrogen-bond acceptors (Lipinski definition) is 4. The molecule has 0 aromatic heterocycles. The van der Waals surface area contributed by atoms with E-state index < -0.39 is 0 Å². The molecule has 1 heterocycles. The summed E-state index contributed by atoms with van der Waals surface area (Å²) < 4.78 is 4.94. The fourth-order valence-corrected chi connectivity index (χ4v) is 2.53. The lowest BCUT2D eigenvalue weighted by molar-refractivity contribution is -0.143. The van der Waals surface area contributed by atoms with Gasteiger partial charge >= 0.3 is 5.97 Å². The number of ether oxygens (including phenoxy) is 1. The molecular formula is C14H21ClN2O2. The number of nitrogens with two attached hydrogens (primary N) is 1. The predicted molar refractivity (Wildman–Crippen MR) is 78.5 cm³/mol. The first-order valence-corrected chi connectivity index (χ1v) is 6.39. The minimum atomic E-state index is -0.240. The summed E-state index contributed by atoms with van der Waals surface area (Å²) in [6.07, 6.45) is 3.33. The number of carbonyl (C=O) groups is 1. The van der Waals surface area contributed by atoms with Crippen LogP contribution in [0.1, 0.15) is 30.7 Å². The van der Waals surface area contributed by atoms with Crippen molar-refractivity contribution in [3.05, 3.63) is 29.8 Å². The largest absolute Gasteiger partial charge is 0.469 e. The molecule has 1 aliphatic heterocycles. The standard InChI is InChI=1S/C14H20N2O2.ClH/c1-18-14(17)13(12-4-2-3-9-16-12)10-5-7-11(15)8-6-10;/h5-8,12-13,16H,2-4,9,15H2,1H3;1H/t12-,13-;/m0./s1. The van der Waals surface area contributed by atoms with E-state index in [-0.39, 0.29) is 30.3 Å². The summed E-state index contributed by atoms with van der Waals surface area (Å²) in [5, 5.41) is 3.42. The number of carbonyl (C=O) groups excluding carboxylic acids is 1. The van der Waals surface area contributed by atoms with Crippen molar-refractivity contribution in [3.63, 3.8) is 0 Å². The average molecular weight is 285 g/mol. The molecule has 0 saturated carbocycles. The summed E-state index contributed by atoms with van der Waals surface area (Å²) in [5.41, 5.74) is 7.36. The van der Waals surface area contributed by atoms with Crippen LogP contribution in [-0.2, 0) is 9.53 Å². The molecule has 4 nitrogen and oxygen atoms in total. The average Bonchev–Trinajstić information content (AvgIpc) is 2.42. The Morgan fingerprint density at radius 1 is 1.37 bits per heavy atom. The van der Waals surface area contributed by atoms with E-state index in [4.69, 9.17) is 10.5 Å². The van der Waals surface area contributed by atoms with Gasteiger partial charge in [-0.1, -0.05) is 18.6 Å². The van der Waals surface area contributed by atoms with Gasteiger partial charge in [0.05, 0.1) is 13.0 Å². The van der Waals surface area contributed by atoms with Gasteiger partial charge in [-0.25, -0.2) is 0 Å². The second-order valence-corrected chi connectivity index (χ2v) is 4.72. The van der Waals surface area contributed by atoms with Gasteiger partial charge < -0.3 is 15.8 Å². The number of nitrogen functional groups attached to an aromatic ring is 1. The maximum absolute atomic E-state index is 12.0. The van der Waals surface area contributed by atoms with Crippen LogP contribution in [0, 0.1) is 0 Å². The van der Waals surface area contributed by atoms with Crippen molar-refractivity contribution in [1.82, 2.24) is 5.32 Å². The summed E-state index contributed by atoms with van der Waals surface area (Å²) in [7, 11) is 1.44. The van der Waals surface area contributed by atoms with E-state index in [2.05, 4.69) is 5.32 Å². The topological polar surface area (TPSA) is 64.3 Å². The molecule has 5 heteroatoms. The second-order valence-electron chi connectivity index (χ2n) is 4.72. The van der Waals surface area contributed by atoms with Crippen LogP contribution in [-0.4, -0.2) is 25.7 Å². The molecule has 1 aromatic carbocycles. The Kier molecular flexibility index (Phi) is 6.12. The van der Waals surface area contributed by atoms with E-state index in [0.29, 0.717) is 5.69 Å². The van der Waals surface area contributed by atoms with Crippen LogP contribution in [0.3, 0.4) is 0 Å². The summed E-state index contributed by atoms with van der Waals surface area (Å²) in [5.74, 6) is -0.421. The fourth-order valence-electron chi connectivity index (χ4n) is 2.53. The fraction of sp³-hybridized carbons (Fsp3) is 0.500. The highest BCUT2D eigenvalue weighted by molar-refractivity contribution is 5.85. The Bertz CT molecular complexity index is 402. The second kappa shape index (κ2) is 7.36. The van der Waals surface area contributed by atoms with Gasteiger partial charge in [0, 0.05) is 11.7 Å². The molecule has 1 aromatic rings. The lowest BCUT2D eigenvalue weighted by Gasteiger charge is -2.30. The van der Waals surface area contributed by atoms with E-state index in [9.17, 15) is 4.79 Å². The lowest BCUT2D eigenvalue weighted by Crippen LogP contribution is -2.42. The molecule has 1 fully saturated rings. The summed E-state index contributed by atoms with van der Waals surface area (Å²) in [6, 6.07) is 7.64. The van der Waals surface area contributed by atoms with E-state index in [1.807, 2.05) is 24.3 Å². The van der Waals surface area contributed by atoms with E-state index in [1.54, 1.807) is 0 Å². The number of esters is 1. The molecule has 19 heavy (non-hydrogen) atoms. The number of rotatable bonds is 3. The highest BCUT2D eigenvalue weighted by Crippen LogP contribution is 2.27. The summed E-state index contributed by atoms with van der Waals surface area (Å²) in [4.78, 5) is 12.0. The molecule has 0 bridgehead atoms. The van der Waals surface area contributed by atoms with E-state index >= 15 is 0 Å². The van der Waals surface area contributed by atoms with Gasteiger partial charge in [-0.3, -0.25) is 4.79 Å². The smallest absolute Gasteiger partial charge is 0.314 e. The molecule has 2 atom stereocenters. The first-order chi connectivity index (χ1) is 8.72. The molecule has 0 aliphatic carbocycles. The number of methoxy groups -OCH3 is 1. The van der Waals surface area contributed by atoms with Crippen LogP contribution >= 0.6 is 12.4 Å². The Balaban J connectivity index is 0.00000180. The zero-order chi connectivity index (χ0) is 13.0. The SMILES string of the molecule is COC(=O)[C@@H](c1ccc(N)cc1)[C@@H]1CCCCN1.Cl. The van der Waals surface area contributed by atoms with Crippen LogP contribution < -0.4 is 11.1 Å². The molecule has 3 N–H and O–H groups in total. The molecule has 0 amide bonds. The lowest BCUT2D eigenvalue weighted by atomic mass is 9.86.